The minimum atomic E-state index is -1.81. The minimum absolute atomic E-state index is 0.129. The summed E-state index contributed by atoms with van der Waals surface area (Å²) < 4.78 is 24.5. The van der Waals surface area contributed by atoms with Gasteiger partial charge in [0.1, 0.15) is 34.1 Å². The van der Waals surface area contributed by atoms with Crippen LogP contribution in [-0.2, 0) is 0 Å². The van der Waals surface area contributed by atoms with Crippen LogP contribution < -0.4 is 18.9 Å². The molecule has 6 nitrogen and oxygen atoms in total. The first-order chi connectivity index (χ1) is 19.9. The number of carbonyl (C=O) groups excluding carboxylic acids is 2. The standard InChI is InChI=1S/C34H51O6P/c1-7-11-21-37-27-17-15-18-28(38-22-12-8-2)31(27)33(35)41(25-26(5)6)34(36)32-29(39-23-13-9-3)19-16-20-30(32)40-24-14-10-4/h15-20,26H,7-14,21-25H2,1-6H3. The van der Waals surface area contributed by atoms with Crippen molar-refractivity contribution in [3.05, 3.63) is 47.5 Å². The number of rotatable bonds is 22. The molecule has 0 bridgehead atoms. The zero-order valence-corrected chi connectivity index (χ0v) is 27.0. The third kappa shape index (κ3) is 11.0. The lowest BCUT2D eigenvalue weighted by atomic mass is 10.2. The van der Waals surface area contributed by atoms with Crippen molar-refractivity contribution in [2.75, 3.05) is 32.6 Å². The summed E-state index contributed by atoms with van der Waals surface area (Å²) in [4.78, 5) is 29.0. The van der Waals surface area contributed by atoms with Crippen molar-refractivity contribution in [3.8, 4) is 23.0 Å². The fraction of sp³-hybridized carbons (Fsp3) is 0.588. The second-order valence-electron chi connectivity index (χ2n) is 10.7. The van der Waals surface area contributed by atoms with Crippen molar-refractivity contribution in [2.24, 2.45) is 5.92 Å². The first-order valence-electron chi connectivity index (χ1n) is 15.5. The second kappa shape index (κ2) is 19.5. The Morgan fingerprint density at radius 1 is 0.585 bits per heavy atom. The van der Waals surface area contributed by atoms with Crippen LogP contribution in [0, 0.1) is 5.92 Å². The topological polar surface area (TPSA) is 71.1 Å². The van der Waals surface area contributed by atoms with Crippen LogP contribution >= 0.6 is 7.92 Å². The van der Waals surface area contributed by atoms with Gasteiger partial charge in [0.25, 0.3) is 0 Å². The summed E-state index contributed by atoms with van der Waals surface area (Å²) in [6.45, 7) is 14.5. The lowest BCUT2D eigenvalue weighted by molar-refractivity contribution is 0.104. The normalized spacial score (nSPS) is 11.1. The Hall–Kier alpha value is -2.59. The molecule has 2 aromatic rings. The molecule has 0 saturated carbocycles. The van der Waals surface area contributed by atoms with Crippen molar-refractivity contribution in [3.63, 3.8) is 0 Å². The van der Waals surface area contributed by atoms with Gasteiger partial charge >= 0.3 is 0 Å². The van der Waals surface area contributed by atoms with Crippen molar-refractivity contribution in [1.82, 2.24) is 0 Å². The Bertz CT molecular complexity index is 931. The minimum Gasteiger partial charge on any atom is -0.493 e. The molecule has 41 heavy (non-hydrogen) atoms. The molecule has 0 saturated heterocycles. The Labute approximate surface area is 249 Å². The van der Waals surface area contributed by atoms with Crippen molar-refractivity contribution in [1.29, 1.82) is 0 Å². The fourth-order valence-electron chi connectivity index (χ4n) is 4.12. The first kappa shape index (κ1) is 34.6. The van der Waals surface area contributed by atoms with Crippen LogP contribution in [0.4, 0.5) is 0 Å². The van der Waals surface area contributed by atoms with Crippen LogP contribution in [0.15, 0.2) is 36.4 Å². The lowest BCUT2D eigenvalue weighted by Gasteiger charge is -2.23. The quantitative estimate of drug-likeness (QED) is 0.101. The monoisotopic (exact) mass is 586 g/mol. The Morgan fingerprint density at radius 3 is 1.12 bits per heavy atom. The maximum atomic E-state index is 14.5. The molecule has 0 amide bonds. The molecule has 0 aliphatic carbocycles. The number of benzene rings is 2. The van der Waals surface area contributed by atoms with E-state index in [4.69, 9.17) is 18.9 Å². The molecule has 2 aromatic carbocycles. The van der Waals surface area contributed by atoms with Gasteiger partial charge in [0.05, 0.1) is 26.4 Å². The molecule has 228 valence electrons. The highest BCUT2D eigenvalue weighted by Gasteiger charge is 2.36. The second-order valence-corrected chi connectivity index (χ2v) is 12.7. The molecule has 2 rings (SSSR count). The molecule has 0 aliphatic heterocycles. The van der Waals surface area contributed by atoms with E-state index in [1.165, 1.54) is 0 Å². The van der Waals surface area contributed by atoms with Gasteiger partial charge in [-0.1, -0.05) is 79.4 Å². The molecule has 0 N–H and O–H groups in total. The third-order valence-corrected chi connectivity index (χ3v) is 8.99. The molecule has 0 heterocycles. The molecule has 0 atom stereocenters. The van der Waals surface area contributed by atoms with Crippen LogP contribution in [0.5, 0.6) is 23.0 Å². The van der Waals surface area contributed by atoms with E-state index in [2.05, 4.69) is 27.7 Å². The van der Waals surface area contributed by atoms with Gasteiger partial charge in [-0.2, -0.15) is 0 Å². The van der Waals surface area contributed by atoms with Gasteiger partial charge < -0.3 is 18.9 Å². The number of unbranched alkanes of at least 4 members (excludes halogenated alkanes) is 4. The predicted octanol–water partition coefficient (Wildman–Crippen LogP) is 9.52. The fourth-order valence-corrected chi connectivity index (χ4v) is 6.35. The van der Waals surface area contributed by atoms with Crippen molar-refractivity contribution >= 4 is 19.0 Å². The summed E-state index contributed by atoms with van der Waals surface area (Å²) in [5.74, 6) is 2.05. The zero-order valence-electron chi connectivity index (χ0n) is 26.1. The molecule has 7 heteroatoms. The van der Waals surface area contributed by atoms with E-state index in [9.17, 15) is 9.59 Å². The lowest BCUT2D eigenvalue weighted by Crippen LogP contribution is -2.17. The summed E-state index contributed by atoms with van der Waals surface area (Å²) >= 11 is 0. The maximum absolute atomic E-state index is 14.5. The third-order valence-electron chi connectivity index (χ3n) is 6.46. The molecular weight excluding hydrogens is 535 g/mol. The van der Waals surface area contributed by atoms with E-state index < -0.39 is 7.92 Å². The van der Waals surface area contributed by atoms with E-state index in [0.29, 0.717) is 66.7 Å². The van der Waals surface area contributed by atoms with Crippen molar-refractivity contribution < 1.29 is 28.5 Å². The summed E-state index contributed by atoms with van der Waals surface area (Å²) in [5, 5.41) is 0. The number of hydrogen-bond donors (Lipinski definition) is 0. The SMILES string of the molecule is CCCCOc1cccc(OCCCC)c1C(=O)P(CC(C)C)C(=O)c1c(OCCCC)cccc1OCCCC. The summed E-state index contributed by atoms with van der Waals surface area (Å²) in [5.41, 5.74) is 0.302. The van der Waals surface area contributed by atoms with Gasteiger partial charge in [0, 0.05) is 7.92 Å². The van der Waals surface area contributed by atoms with Crippen molar-refractivity contribution in [2.45, 2.75) is 92.9 Å². The van der Waals surface area contributed by atoms with E-state index in [0.717, 1.165) is 51.4 Å². The van der Waals surface area contributed by atoms with Crippen LogP contribution in [0.3, 0.4) is 0 Å². The Kier molecular flexibility index (Phi) is 16.5. The van der Waals surface area contributed by atoms with Gasteiger partial charge in [0.15, 0.2) is 11.0 Å². The molecular formula is C34H51O6P. The Morgan fingerprint density at radius 2 is 0.878 bits per heavy atom. The molecule has 0 fully saturated rings. The molecule has 0 aromatic heterocycles. The summed E-state index contributed by atoms with van der Waals surface area (Å²) in [6, 6.07) is 10.9. The van der Waals surface area contributed by atoms with Crippen LogP contribution in [0.25, 0.3) is 0 Å². The smallest absolute Gasteiger partial charge is 0.199 e. The molecule has 0 aliphatic rings. The highest BCUT2D eigenvalue weighted by atomic mass is 31.1. The van der Waals surface area contributed by atoms with E-state index in [1.54, 1.807) is 0 Å². The average Bonchev–Trinajstić information content (AvgIpc) is 2.96. The van der Waals surface area contributed by atoms with E-state index >= 15 is 0 Å². The van der Waals surface area contributed by atoms with Gasteiger partial charge in [-0.15, -0.1) is 0 Å². The number of carbonyl (C=O) groups is 2. The molecule has 0 spiro atoms. The maximum Gasteiger partial charge on any atom is 0.199 e. The van der Waals surface area contributed by atoms with Gasteiger partial charge in [-0.05, 0) is 62.0 Å². The highest BCUT2D eigenvalue weighted by molar-refractivity contribution is 7.90. The molecule has 0 unspecified atom stereocenters. The van der Waals surface area contributed by atoms with Gasteiger partial charge in [0.2, 0.25) is 0 Å². The summed E-state index contributed by atoms with van der Waals surface area (Å²) in [6.07, 6.45) is 7.83. The van der Waals surface area contributed by atoms with E-state index in [-0.39, 0.29) is 17.0 Å². The van der Waals surface area contributed by atoms with Crippen LogP contribution in [-0.4, -0.2) is 43.6 Å². The number of hydrogen-bond acceptors (Lipinski definition) is 6. The highest BCUT2D eigenvalue weighted by Crippen LogP contribution is 2.51. The van der Waals surface area contributed by atoms with E-state index in [1.807, 2.05) is 50.2 Å². The number of ether oxygens (including phenoxy) is 4. The largest absolute Gasteiger partial charge is 0.493 e. The first-order valence-corrected chi connectivity index (χ1v) is 17.0. The van der Waals surface area contributed by atoms with Gasteiger partial charge in [-0.3, -0.25) is 9.59 Å². The Balaban J connectivity index is 2.61. The van der Waals surface area contributed by atoms with Crippen LogP contribution in [0.2, 0.25) is 0 Å². The predicted molar refractivity (Wildman–Crippen MR) is 170 cm³/mol. The zero-order chi connectivity index (χ0) is 30.0. The summed E-state index contributed by atoms with van der Waals surface area (Å²) in [7, 11) is -1.81. The molecule has 0 radical (unpaired) electrons. The van der Waals surface area contributed by atoms with Gasteiger partial charge in [-0.25, -0.2) is 0 Å². The van der Waals surface area contributed by atoms with Crippen LogP contribution in [0.1, 0.15) is 114 Å². The average molecular weight is 587 g/mol.